The molecule has 0 aliphatic carbocycles. The molecule has 140 valence electrons. The first-order valence-corrected chi connectivity index (χ1v) is 8.95. The van der Waals surface area contributed by atoms with Crippen LogP contribution in [-0.4, -0.2) is 30.1 Å². The molecule has 28 heavy (non-hydrogen) atoms. The summed E-state index contributed by atoms with van der Waals surface area (Å²) < 4.78 is 0. The van der Waals surface area contributed by atoms with E-state index in [0.717, 1.165) is 22.4 Å². The fourth-order valence-corrected chi connectivity index (χ4v) is 2.57. The van der Waals surface area contributed by atoms with Crippen molar-refractivity contribution in [2.75, 3.05) is 14.2 Å². The van der Waals surface area contributed by atoms with Crippen molar-refractivity contribution in [3.05, 3.63) is 101 Å². The molecule has 2 aromatic carbocycles. The molecule has 4 heteroatoms. The number of carbonyl (C=O) groups excluding carboxylic acids is 1. The first-order chi connectivity index (χ1) is 13.7. The number of aromatic nitrogens is 1. The van der Waals surface area contributed by atoms with Crippen molar-refractivity contribution in [1.29, 1.82) is 0 Å². The van der Waals surface area contributed by atoms with Gasteiger partial charge in [-0.25, -0.2) is 5.06 Å². The van der Waals surface area contributed by atoms with Gasteiger partial charge < -0.3 is 0 Å². The zero-order valence-corrected chi connectivity index (χ0v) is 15.9. The molecule has 0 saturated heterocycles. The number of pyridine rings is 1. The minimum Gasteiger partial charge on any atom is -0.274 e. The standard InChI is InChI=1S/C24H22N2O2/c1-26(28-2)24(27)22-15-12-21(13-16-22)11-8-19-6-9-20(10-7-19)14-17-23-5-3-4-18-25-23/h3-18H,1-2H3/b11-8+,17-14+. The predicted molar refractivity (Wildman–Crippen MR) is 114 cm³/mol. The van der Waals surface area contributed by atoms with Gasteiger partial charge in [0.1, 0.15) is 0 Å². The first-order valence-electron chi connectivity index (χ1n) is 8.95. The molecule has 1 heterocycles. The second kappa shape index (κ2) is 9.44. The lowest BCUT2D eigenvalue weighted by Crippen LogP contribution is -2.25. The van der Waals surface area contributed by atoms with E-state index < -0.39 is 0 Å². The van der Waals surface area contributed by atoms with E-state index in [-0.39, 0.29) is 5.91 Å². The Morgan fingerprint density at radius 3 is 1.86 bits per heavy atom. The zero-order valence-electron chi connectivity index (χ0n) is 15.9. The van der Waals surface area contributed by atoms with E-state index >= 15 is 0 Å². The van der Waals surface area contributed by atoms with Crippen molar-refractivity contribution in [1.82, 2.24) is 10.0 Å². The predicted octanol–water partition coefficient (Wildman–Crippen LogP) is 5.06. The van der Waals surface area contributed by atoms with Crippen LogP contribution in [-0.2, 0) is 4.84 Å². The number of carbonyl (C=O) groups is 1. The second-order valence-corrected chi connectivity index (χ2v) is 6.20. The summed E-state index contributed by atoms with van der Waals surface area (Å²) in [5.41, 5.74) is 4.77. The highest BCUT2D eigenvalue weighted by Crippen LogP contribution is 2.13. The fraction of sp³-hybridized carbons (Fsp3) is 0.0833. The van der Waals surface area contributed by atoms with E-state index in [1.807, 2.05) is 54.6 Å². The van der Waals surface area contributed by atoms with Gasteiger partial charge in [-0.3, -0.25) is 14.6 Å². The molecule has 0 spiro atoms. The third-order valence-corrected chi connectivity index (χ3v) is 4.26. The molecule has 0 fully saturated rings. The van der Waals surface area contributed by atoms with Crippen LogP contribution in [0.15, 0.2) is 72.9 Å². The average Bonchev–Trinajstić information content (AvgIpc) is 2.77. The minimum atomic E-state index is -0.174. The van der Waals surface area contributed by atoms with Gasteiger partial charge >= 0.3 is 0 Å². The fourth-order valence-electron chi connectivity index (χ4n) is 2.57. The van der Waals surface area contributed by atoms with E-state index in [1.54, 1.807) is 25.4 Å². The SMILES string of the molecule is CON(C)C(=O)c1ccc(/C=C/c2ccc(/C=C/c3ccccn3)cc2)cc1. The van der Waals surface area contributed by atoms with E-state index in [2.05, 4.69) is 29.2 Å². The number of amides is 1. The normalized spacial score (nSPS) is 11.2. The smallest absolute Gasteiger partial charge is 0.274 e. The van der Waals surface area contributed by atoms with Crippen molar-refractivity contribution in [3.8, 4) is 0 Å². The van der Waals surface area contributed by atoms with Crippen molar-refractivity contribution in [3.63, 3.8) is 0 Å². The molecule has 0 aliphatic rings. The molecular weight excluding hydrogens is 348 g/mol. The highest BCUT2D eigenvalue weighted by atomic mass is 16.7. The van der Waals surface area contributed by atoms with Crippen molar-refractivity contribution >= 4 is 30.2 Å². The summed E-state index contributed by atoms with van der Waals surface area (Å²) in [6.07, 6.45) is 9.89. The Balaban J connectivity index is 1.63. The molecule has 0 unspecified atom stereocenters. The Kier molecular flexibility index (Phi) is 6.50. The molecule has 3 aromatic rings. The molecule has 0 saturated carbocycles. The zero-order chi connectivity index (χ0) is 19.8. The number of rotatable bonds is 6. The number of nitrogens with zero attached hydrogens (tertiary/aromatic N) is 2. The van der Waals surface area contributed by atoms with Gasteiger partial charge in [-0.05, 0) is 47.0 Å². The third-order valence-electron chi connectivity index (χ3n) is 4.26. The number of benzene rings is 2. The van der Waals surface area contributed by atoms with Gasteiger partial charge in [-0.2, -0.15) is 0 Å². The minimum absolute atomic E-state index is 0.174. The topological polar surface area (TPSA) is 42.4 Å². The Morgan fingerprint density at radius 1 is 0.821 bits per heavy atom. The highest BCUT2D eigenvalue weighted by Gasteiger charge is 2.10. The van der Waals surface area contributed by atoms with Crippen LogP contribution in [0.25, 0.3) is 24.3 Å². The molecular formula is C24H22N2O2. The Hall–Kier alpha value is -3.50. The quantitative estimate of drug-likeness (QED) is 0.450. The van der Waals surface area contributed by atoms with Crippen LogP contribution in [0.5, 0.6) is 0 Å². The molecule has 4 nitrogen and oxygen atoms in total. The van der Waals surface area contributed by atoms with E-state index in [0.29, 0.717) is 5.56 Å². The van der Waals surface area contributed by atoms with E-state index in [9.17, 15) is 4.79 Å². The summed E-state index contributed by atoms with van der Waals surface area (Å²) in [6.45, 7) is 0. The molecule has 1 amide bonds. The third kappa shape index (κ3) is 5.25. The second-order valence-electron chi connectivity index (χ2n) is 6.20. The van der Waals surface area contributed by atoms with Crippen LogP contribution in [0, 0.1) is 0 Å². The first kappa shape index (κ1) is 19.3. The van der Waals surface area contributed by atoms with Gasteiger partial charge in [0, 0.05) is 18.8 Å². The van der Waals surface area contributed by atoms with E-state index in [4.69, 9.17) is 4.84 Å². The highest BCUT2D eigenvalue weighted by molar-refractivity contribution is 5.93. The van der Waals surface area contributed by atoms with Gasteiger partial charge in [0.2, 0.25) is 0 Å². The van der Waals surface area contributed by atoms with Gasteiger partial charge in [0.05, 0.1) is 12.8 Å². The monoisotopic (exact) mass is 370 g/mol. The lowest BCUT2D eigenvalue weighted by Gasteiger charge is -2.13. The molecule has 0 atom stereocenters. The molecule has 0 bridgehead atoms. The van der Waals surface area contributed by atoms with Crippen LogP contribution >= 0.6 is 0 Å². The van der Waals surface area contributed by atoms with Crippen LogP contribution in [0.1, 0.15) is 32.7 Å². The summed E-state index contributed by atoms with van der Waals surface area (Å²) in [4.78, 5) is 21.2. The Morgan fingerprint density at radius 2 is 1.36 bits per heavy atom. The van der Waals surface area contributed by atoms with Crippen molar-refractivity contribution in [2.45, 2.75) is 0 Å². The molecule has 0 aliphatic heterocycles. The molecule has 1 aromatic heterocycles. The van der Waals surface area contributed by atoms with Gasteiger partial charge in [-0.15, -0.1) is 0 Å². The Bertz CT molecular complexity index is 960. The Labute approximate surface area is 165 Å². The summed E-state index contributed by atoms with van der Waals surface area (Å²) in [5, 5.41) is 1.20. The number of hydrogen-bond donors (Lipinski definition) is 0. The number of hydrogen-bond acceptors (Lipinski definition) is 3. The number of hydroxylamine groups is 2. The molecule has 0 N–H and O–H groups in total. The lowest BCUT2D eigenvalue weighted by atomic mass is 10.1. The molecule has 3 rings (SSSR count). The summed E-state index contributed by atoms with van der Waals surface area (Å²) >= 11 is 0. The van der Waals surface area contributed by atoms with Crippen LogP contribution in [0.4, 0.5) is 0 Å². The van der Waals surface area contributed by atoms with Crippen molar-refractivity contribution < 1.29 is 9.63 Å². The van der Waals surface area contributed by atoms with Crippen LogP contribution < -0.4 is 0 Å². The van der Waals surface area contributed by atoms with E-state index in [1.165, 1.54) is 12.2 Å². The summed E-state index contributed by atoms with van der Waals surface area (Å²) in [7, 11) is 3.06. The van der Waals surface area contributed by atoms with Crippen LogP contribution in [0.2, 0.25) is 0 Å². The van der Waals surface area contributed by atoms with Crippen molar-refractivity contribution in [2.24, 2.45) is 0 Å². The van der Waals surface area contributed by atoms with Gasteiger partial charge in [-0.1, -0.05) is 60.7 Å². The summed E-state index contributed by atoms with van der Waals surface area (Å²) in [5.74, 6) is -0.174. The molecule has 0 radical (unpaired) electrons. The maximum absolute atomic E-state index is 12.0. The maximum atomic E-state index is 12.0. The maximum Gasteiger partial charge on any atom is 0.277 e. The van der Waals surface area contributed by atoms with Gasteiger partial charge in [0.25, 0.3) is 5.91 Å². The van der Waals surface area contributed by atoms with Gasteiger partial charge in [0.15, 0.2) is 0 Å². The largest absolute Gasteiger partial charge is 0.277 e. The summed E-state index contributed by atoms with van der Waals surface area (Å²) in [6, 6.07) is 21.5. The lowest BCUT2D eigenvalue weighted by molar-refractivity contribution is -0.0756. The van der Waals surface area contributed by atoms with Crippen LogP contribution in [0.3, 0.4) is 0 Å². The average molecular weight is 370 g/mol.